The Morgan fingerprint density at radius 3 is 2.59 bits per heavy atom. The Hall–Kier alpha value is -3.48. The summed E-state index contributed by atoms with van der Waals surface area (Å²) in [5.74, 6) is -0.897. The second-order valence-electron chi connectivity index (χ2n) is 7.92. The maximum absolute atomic E-state index is 13.0. The number of nitrogen functional groups attached to an aromatic ring is 1. The zero-order chi connectivity index (χ0) is 24.7. The van der Waals surface area contributed by atoms with Gasteiger partial charge in [0.25, 0.3) is 0 Å². The van der Waals surface area contributed by atoms with Crippen molar-refractivity contribution in [3.8, 4) is 6.01 Å². The van der Waals surface area contributed by atoms with Crippen LogP contribution in [0.3, 0.4) is 0 Å². The van der Waals surface area contributed by atoms with Crippen molar-refractivity contribution in [2.75, 3.05) is 45.8 Å². The number of hydrogen-bond donors (Lipinski definition) is 4. The molecular formula is C22H30N6O6. The van der Waals surface area contributed by atoms with E-state index in [0.29, 0.717) is 25.2 Å². The quantitative estimate of drug-likeness (QED) is 0.254. The van der Waals surface area contributed by atoms with Crippen LogP contribution >= 0.6 is 0 Å². The first kappa shape index (κ1) is 25.1. The zero-order valence-electron chi connectivity index (χ0n) is 19.2. The molecule has 34 heavy (non-hydrogen) atoms. The van der Waals surface area contributed by atoms with Crippen LogP contribution < -0.4 is 21.9 Å². The van der Waals surface area contributed by atoms with Gasteiger partial charge in [0, 0.05) is 20.3 Å². The van der Waals surface area contributed by atoms with E-state index < -0.39 is 17.2 Å². The average molecular weight is 475 g/mol. The minimum Gasteiger partial charge on any atom is -0.480 e. The topological polar surface area (TPSA) is 181 Å². The van der Waals surface area contributed by atoms with Gasteiger partial charge in [-0.1, -0.05) is 24.3 Å². The van der Waals surface area contributed by atoms with Crippen molar-refractivity contribution < 1.29 is 24.1 Å². The monoisotopic (exact) mass is 474 g/mol. The number of methoxy groups -OCH3 is 1. The van der Waals surface area contributed by atoms with Gasteiger partial charge in [-0.2, -0.15) is 9.97 Å². The fraction of sp³-hybridized carbons (Fsp3) is 0.455. The highest BCUT2D eigenvalue weighted by Gasteiger charge is 2.32. The maximum Gasteiger partial charge on any atom is 0.329 e. The Labute approximate surface area is 195 Å². The predicted octanol–water partition coefficient (Wildman–Crippen LogP) is 0.483. The Kier molecular flexibility index (Phi) is 8.21. The number of benzene rings is 1. The van der Waals surface area contributed by atoms with Gasteiger partial charge in [-0.25, -0.2) is 9.59 Å². The number of carboxylic acids is 1. The van der Waals surface area contributed by atoms with Crippen molar-refractivity contribution in [2.24, 2.45) is 5.73 Å². The van der Waals surface area contributed by atoms with Crippen molar-refractivity contribution in [3.05, 3.63) is 45.9 Å². The molecule has 2 heterocycles. The van der Waals surface area contributed by atoms with E-state index in [-0.39, 0.29) is 37.2 Å². The number of rotatable bonds is 13. The number of carbonyl (C=O) groups is 1. The molecule has 1 atom stereocenters. The molecule has 2 aromatic heterocycles. The SMILES string of the molecule is COCCOc1nc(N)c2[nH]c(=O)n(C(C)(CN)c3ccc(CCCOCC(=O)O)cc3)c2n1. The lowest BCUT2D eigenvalue weighted by Gasteiger charge is -2.30. The molecule has 3 rings (SSSR count). The van der Waals surface area contributed by atoms with Crippen LogP contribution in [0.25, 0.3) is 11.2 Å². The first-order valence-corrected chi connectivity index (χ1v) is 10.8. The number of fused-ring (bicyclic) bond motifs is 1. The number of nitrogens with two attached hydrogens (primary N) is 2. The van der Waals surface area contributed by atoms with Gasteiger partial charge < -0.3 is 35.8 Å². The highest BCUT2D eigenvalue weighted by Crippen LogP contribution is 2.29. The number of nitrogens with one attached hydrogen (secondary N) is 1. The number of nitrogens with zero attached hydrogens (tertiary/aromatic N) is 3. The second-order valence-corrected chi connectivity index (χ2v) is 7.92. The van der Waals surface area contributed by atoms with Gasteiger partial charge in [-0.05, 0) is 30.9 Å². The molecule has 0 bridgehead atoms. The Balaban J connectivity index is 1.87. The van der Waals surface area contributed by atoms with Gasteiger partial charge in [0.15, 0.2) is 11.5 Å². The fourth-order valence-electron chi connectivity index (χ4n) is 3.63. The van der Waals surface area contributed by atoms with E-state index in [4.69, 9.17) is 30.8 Å². The molecule has 3 aromatic rings. The number of aromatic amines is 1. The lowest BCUT2D eigenvalue weighted by atomic mass is 9.90. The Morgan fingerprint density at radius 1 is 1.21 bits per heavy atom. The lowest BCUT2D eigenvalue weighted by molar-refractivity contribution is -0.142. The summed E-state index contributed by atoms with van der Waals surface area (Å²) in [6.45, 7) is 2.59. The summed E-state index contributed by atoms with van der Waals surface area (Å²) in [5, 5.41) is 8.61. The van der Waals surface area contributed by atoms with Crippen LogP contribution in [0, 0.1) is 0 Å². The normalized spacial score (nSPS) is 13.1. The molecule has 1 unspecified atom stereocenters. The zero-order valence-corrected chi connectivity index (χ0v) is 19.2. The summed E-state index contributed by atoms with van der Waals surface area (Å²) in [6, 6.07) is 7.75. The molecule has 0 spiro atoms. The summed E-state index contributed by atoms with van der Waals surface area (Å²) in [7, 11) is 1.55. The molecule has 0 radical (unpaired) electrons. The molecule has 184 valence electrons. The summed E-state index contributed by atoms with van der Waals surface area (Å²) < 4.78 is 17.0. The van der Waals surface area contributed by atoms with Crippen LogP contribution in [0.5, 0.6) is 6.01 Å². The molecule has 12 heteroatoms. The largest absolute Gasteiger partial charge is 0.480 e. The van der Waals surface area contributed by atoms with E-state index in [1.807, 2.05) is 31.2 Å². The molecule has 0 saturated heterocycles. The Morgan fingerprint density at radius 2 is 1.94 bits per heavy atom. The van der Waals surface area contributed by atoms with Crippen molar-refractivity contribution in [3.63, 3.8) is 0 Å². The van der Waals surface area contributed by atoms with Gasteiger partial charge in [-0.15, -0.1) is 0 Å². The number of anilines is 1. The molecule has 0 saturated carbocycles. The van der Waals surface area contributed by atoms with Crippen LogP contribution in [0.2, 0.25) is 0 Å². The van der Waals surface area contributed by atoms with E-state index in [9.17, 15) is 9.59 Å². The molecule has 0 aliphatic rings. The van der Waals surface area contributed by atoms with E-state index in [1.165, 1.54) is 4.57 Å². The smallest absolute Gasteiger partial charge is 0.329 e. The minimum atomic E-state index is -0.987. The van der Waals surface area contributed by atoms with Crippen LogP contribution in [-0.4, -0.2) is 70.7 Å². The Bertz CT molecular complexity index is 1180. The molecule has 0 fully saturated rings. The predicted molar refractivity (Wildman–Crippen MR) is 125 cm³/mol. The molecule has 12 nitrogen and oxygen atoms in total. The number of aromatic nitrogens is 4. The third kappa shape index (κ3) is 5.53. The van der Waals surface area contributed by atoms with E-state index in [1.54, 1.807) is 7.11 Å². The first-order chi connectivity index (χ1) is 16.3. The minimum absolute atomic E-state index is 0.0367. The number of imidazole rings is 1. The van der Waals surface area contributed by atoms with Gasteiger partial charge in [0.2, 0.25) is 0 Å². The first-order valence-electron chi connectivity index (χ1n) is 10.8. The number of hydrogen-bond acceptors (Lipinski definition) is 9. The molecule has 0 aliphatic heterocycles. The summed E-state index contributed by atoms with van der Waals surface area (Å²) in [5.41, 5.74) is 13.3. The highest BCUT2D eigenvalue weighted by molar-refractivity contribution is 5.82. The molecule has 6 N–H and O–H groups in total. The fourth-order valence-corrected chi connectivity index (χ4v) is 3.63. The van der Waals surface area contributed by atoms with Gasteiger partial charge in [-0.3, -0.25) is 4.57 Å². The van der Waals surface area contributed by atoms with Crippen LogP contribution in [0.1, 0.15) is 24.5 Å². The third-order valence-electron chi connectivity index (χ3n) is 5.51. The molecular weight excluding hydrogens is 444 g/mol. The van der Waals surface area contributed by atoms with Crippen LogP contribution in [0.4, 0.5) is 5.82 Å². The van der Waals surface area contributed by atoms with Gasteiger partial charge in [0.1, 0.15) is 18.7 Å². The maximum atomic E-state index is 13.0. The van der Waals surface area contributed by atoms with Gasteiger partial charge >= 0.3 is 17.7 Å². The molecule has 0 amide bonds. The number of aryl methyl sites for hydroxylation is 1. The van der Waals surface area contributed by atoms with Crippen LogP contribution in [-0.2, 0) is 26.2 Å². The molecule has 1 aromatic carbocycles. The second kappa shape index (κ2) is 11.1. The summed E-state index contributed by atoms with van der Waals surface area (Å²) >= 11 is 0. The summed E-state index contributed by atoms with van der Waals surface area (Å²) in [4.78, 5) is 34.7. The van der Waals surface area contributed by atoms with E-state index >= 15 is 0 Å². The van der Waals surface area contributed by atoms with E-state index in [2.05, 4.69) is 15.0 Å². The van der Waals surface area contributed by atoms with Crippen LogP contribution in [0.15, 0.2) is 29.1 Å². The number of aliphatic carboxylic acids is 1. The van der Waals surface area contributed by atoms with Crippen molar-refractivity contribution in [1.82, 2.24) is 19.5 Å². The number of carboxylic acid groups (broad SMARTS) is 1. The van der Waals surface area contributed by atoms with Crippen molar-refractivity contribution >= 4 is 23.0 Å². The molecule has 0 aliphatic carbocycles. The average Bonchev–Trinajstić information content (AvgIpc) is 3.15. The van der Waals surface area contributed by atoms with Crippen molar-refractivity contribution in [2.45, 2.75) is 25.3 Å². The standard InChI is InChI=1S/C22H30N6O6/c1-22(13-23,15-7-5-14(6-8-15)4-3-9-33-12-16(29)30)28-19-17(25-21(28)31)18(24)26-20(27-19)34-11-10-32-2/h5-8H,3-4,9-13,23H2,1-2H3,(H,25,31)(H,29,30)(H2,24,26,27). The van der Waals surface area contributed by atoms with Crippen molar-refractivity contribution in [1.29, 1.82) is 0 Å². The number of H-pyrrole nitrogens is 1. The third-order valence-corrected chi connectivity index (χ3v) is 5.51. The van der Waals surface area contributed by atoms with Gasteiger partial charge in [0.05, 0.1) is 12.1 Å². The summed E-state index contributed by atoms with van der Waals surface area (Å²) in [6.07, 6.45) is 1.41. The van der Waals surface area contributed by atoms with E-state index in [0.717, 1.165) is 17.5 Å². The highest BCUT2D eigenvalue weighted by atomic mass is 16.5. The lowest BCUT2D eigenvalue weighted by Crippen LogP contribution is -2.44. The number of ether oxygens (including phenoxy) is 3.